The van der Waals surface area contributed by atoms with Crippen LogP contribution in [0.2, 0.25) is 0 Å². The van der Waals surface area contributed by atoms with Gasteiger partial charge < -0.3 is 16.0 Å². The zero-order chi connectivity index (χ0) is 28.0. The minimum atomic E-state index is -0.0754. The molecule has 5 nitrogen and oxygen atoms in total. The zero-order valence-corrected chi connectivity index (χ0v) is 24.1. The second kappa shape index (κ2) is 15.7. The molecular formula is C34H45N3O2. The lowest BCUT2D eigenvalue weighted by Gasteiger charge is -2.16. The summed E-state index contributed by atoms with van der Waals surface area (Å²) < 4.78 is 0. The highest BCUT2D eigenvalue weighted by atomic mass is 16.2. The molecule has 0 bridgehead atoms. The van der Waals surface area contributed by atoms with E-state index in [1.165, 1.54) is 19.3 Å². The first-order chi connectivity index (χ1) is 18.9. The molecule has 1 unspecified atom stereocenters. The van der Waals surface area contributed by atoms with Gasteiger partial charge >= 0.3 is 0 Å². The van der Waals surface area contributed by atoms with E-state index in [1.807, 2.05) is 61.5 Å². The van der Waals surface area contributed by atoms with Crippen LogP contribution < -0.4 is 16.0 Å². The summed E-state index contributed by atoms with van der Waals surface area (Å²) in [5.74, 6) is 0.599. The third-order valence-corrected chi connectivity index (χ3v) is 7.02. The summed E-state index contributed by atoms with van der Waals surface area (Å²) in [5.41, 5.74) is 5.45. The average molecular weight is 528 g/mol. The number of rotatable bonds is 15. The van der Waals surface area contributed by atoms with Crippen molar-refractivity contribution >= 4 is 23.2 Å². The van der Waals surface area contributed by atoms with E-state index in [-0.39, 0.29) is 17.7 Å². The highest BCUT2D eigenvalue weighted by molar-refractivity contribution is 6.00. The average Bonchev–Trinajstić information content (AvgIpc) is 2.94. The Morgan fingerprint density at radius 2 is 1.51 bits per heavy atom. The van der Waals surface area contributed by atoms with E-state index in [4.69, 9.17) is 0 Å². The van der Waals surface area contributed by atoms with Crippen LogP contribution in [0.25, 0.3) is 11.1 Å². The maximum atomic E-state index is 12.9. The number of anilines is 2. The van der Waals surface area contributed by atoms with Crippen LogP contribution in [0.4, 0.5) is 11.4 Å². The fraction of sp³-hybridized carbons (Fsp3) is 0.412. The molecule has 0 aromatic heterocycles. The van der Waals surface area contributed by atoms with Gasteiger partial charge in [0.05, 0.1) is 11.3 Å². The Hall–Kier alpha value is -3.60. The molecule has 3 aromatic carbocycles. The molecule has 0 aliphatic carbocycles. The Balaban J connectivity index is 1.70. The molecule has 1 atom stereocenters. The van der Waals surface area contributed by atoms with E-state index in [1.54, 1.807) is 0 Å². The molecule has 39 heavy (non-hydrogen) atoms. The molecule has 0 radical (unpaired) electrons. The largest absolute Gasteiger partial charge is 0.354 e. The predicted octanol–water partition coefficient (Wildman–Crippen LogP) is 8.10. The van der Waals surface area contributed by atoms with Gasteiger partial charge in [-0.3, -0.25) is 9.59 Å². The number of carbonyl (C=O) groups is 2. The van der Waals surface area contributed by atoms with E-state index in [0.29, 0.717) is 24.6 Å². The summed E-state index contributed by atoms with van der Waals surface area (Å²) in [6.45, 7) is 9.67. The Morgan fingerprint density at radius 1 is 0.769 bits per heavy atom. The highest BCUT2D eigenvalue weighted by Gasteiger charge is 2.14. The van der Waals surface area contributed by atoms with Gasteiger partial charge in [-0.1, -0.05) is 102 Å². The summed E-state index contributed by atoms with van der Waals surface area (Å²) in [5, 5.41) is 9.66. The van der Waals surface area contributed by atoms with Gasteiger partial charge in [-0.05, 0) is 54.2 Å². The Kier molecular flexibility index (Phi) is 12.1. The Morgan fingerprint density at radius 3 is 2.28 bits per heavy atom. The minimum absolute atomic E-state index is 0.0256. The molecule has 0 aliphatic rings. The number of hydrogen-bond donors (Lipinski definition) is 3. The van der Waals surface area contributed by atoms with Gasteiger partial charge in [0.1, 0.15) is 0 Å². The molecule has 0 saturated heterocycles. The molecule has 3 rings (SSSR count). The molecule has 0 heterocycles. The number of carbonyl (C=O) groups excluding carboxylic acids is 2. The van der Waals surface area contributed by atoms with Crippen LogP contribution in [0, 0.1) is 11.8 Å². The first-order valence-electron chi connectivity index (χ1n) is 14.5. The van der Waals surface area contributed by atoms with Gasteiger partial charge in [-0.25, -0.2) is 0 Å². The fourth-order valence-electron chi connectivity index (χ4n) is 4.57. The smallest absolute Gasteiger partial charge is 0.253 e. The van der Waals surface area contributed by atoms with Gasteiger partial charge in [0.2, 0.25) is 5.91 Å². The molecule has 3 N–H and O–H groups in total. The second-order valence-electron chi connectivity index (χ2n) is 10.8. The van der Waals surface area contributed by atoms with Crippen molar-refractivity contribution in [3.05, 3.63) is 83.9 Å². The molecule has 0 spiro atoms. The van der Waals surface area contributed by atoms with Crippen LogP contribution in [-0.4, -0.2) is 18.4 Å². The lowest BCUT2D eigenvalue weighted by Crippen LogP contribution is -2.28. The van der Waals surface area contributed by atoms with Crippen LogP contribution in [-0.2, 0) is 11.3 Å². The van der Waals surface area contributed by atoms with Crippen molar-refractivity contribution in [2.45, 2.75) is 72.8 Å². The monoisotopic (exact) mass is 527 g/mol. The summed E-state index contributed by atoms with van der Waals surface area (Å²) in [4.78, 5) is 25.5. The summed E-state index contributed by atoms with van der Waals surface area (Å²) in [7, 11) is 0. The molecule has 2 amide bonds. The standard InChI is InChI=1S/C34H45N3O2/c1-5-6-7-8-14-26(4)33(38)36-24-27-15-13-16-28(23-27)29-17-9-11-19-31(29)37-32-20-12-10-18-30(32)34(39)35-22-21-25(2)3/h9-13,15-20,23,25-26,37H,5-8,14,21-22,24H2,1-4H3,(H,35,39)(H,36,38). The van der Waals surface area contributed by atoms with E-state index < -0.39 is 0 Å². The molecular weight excluding hydrogens is 482 g/mol. The lowest BCUT2D eigenvalue weighted by atomic mass is 10.00. The molecule has 3 aromatic rings. The number of hydrogen-bond acceptors (Lipinski definition) is 3. The molecule has 0 saturated carbocycles. The number of amides is 2. The number of nitrogens with one attached hydrogen (secondary N) is 3. The predicted molar refractivity (Wildman–Crippen MR) is 163 cm³/mol. The second-order valence-corrected chi connectivity index (χ2v) is 10.8. The van der Waals surface area contributed by atoms with Gasteiger partial charge in [0.25, 0.3) is 5.91 Å². The first kappa shape index (κ1) is 29.9. The van der Waals surface area contributed by atoms with Gasteiger partial charge in [0.15, 0.2) is 0 Å². The summed E-state index contributed by atoms with van der Waals surface area (Å²) in [6, 6.07) is 24.0. The maximum absolute atomic E-state index is 12.9. The topological polar surface area (TPSA) is 70.2 Å². The molecule has 208 valence electrons. The van der Waals surface area contributed by atoms with E-state index in [2.05, 4.69) is 54.9 Å². The normalized spacial score (nSPS) is 11.7. The molecule has 0 aliphatic heterocycles. The van der Waals surface area contributed by atoms with Gasteiger partial charge in [-0.2, -0.15) is 0 Å². The Bertz CT molecular complexity index is 1200. The van der Waals surface area contributed by atoms with Crippen LogP contribution in [0.1, 0.15) is 82.1 Å². The van der Waals surface area contributed by atoms with E-state index in [0.717, 1.165) is 47.3 Å². The number of benzene rings is 3. The zero-order valence-electron chi connectivity index (χ0n) is 24.1. The first-order valence-corrected chi connectivity index (χ1v) is 14.5. The SMILES string of the molecule is CCCCCCC(C)C(=O)NCc1cccc(-c2ccccc2Nc2ccccc2C(=O)NCCC(C)C)c1. The third-order valence-electron chi connectivity index (χ3n) is 7.02. The Labute approximate surface area is 234 Å². The van der Waals surface area contributed by atoms with Crippen LogP contribution >= 0.6 is 0 Å². The van der Waals surface area contributed by atoms with E-state index >= 15 is 0 Å². The van der Waals surface area contributed by atoms with Crippen molar-refractivity contribution in [1.82, 2.24) is 10.6 Å². The highest BCUT2D eigenvalue weighted by Crippen LogP contribution is 2.32. The van der Waals surface area contributed by atoms with Crippen LogP contribution in [0.3, 0.4) is 0 Å². The number of para-hydroxylation sites is 2. The van der Waals surface area contributed by atoms with Crippen molar-refractivity contribution in [3.63, 3.8) is 0 Å². The fourth-order valence-corrected chi connectivity index (χ4v) is 4.57. The summed E-state index contributed by atoms with van der Waals surface area (Å²) >= 11 is 0. The molecule has 0 fully saturated rings. The quantitative estimate of drug-likeness (QED) is 0.175. The van der Waals surface area contributed by atoms with Gasteiger partial charge in [0, 0.05) is 30.3 Å². The van der Waals surface area contributed by atoms with Crippen molar-refractivity contribution < 1.29 is 9.59 Å². The van der Waals surface area contributed by atoms with Crippen molar-refractivity contribution in [2.75, 3.05) is 11.9 Å². The van der Waals surface area contributed by atoms with Gasteiger partial charge in [-0.15, -0.1) is 0 Å². The number of unbranched alkanes of at least 4 members (excludes halogenated alkanes) is 3. The van der Waals surface area contributed by atoms with Crippen molar-refractivity contribution in [2.24, 2.45) is 11.8 Å². The lowest BCUT2D eigenvalue weighted by molar-refractivity contribution is -0.124. The van der Waals surface area contributed by atoms with Crippen LogP contribution in [0.5, 0.6) is 0 Å². The van der Waals surface area contributed by atoms with Crippen LogP contribution in [0.15, 0.2) is 72.8 Å². The van der Waals surface area contributed by atoms with Crippen molar-refractivity contribution in [3.8, 4) is 11.1 Å². The summed E-state index contributed by atoms with van der Waals surface area (Å²) in [6.07, 6.45) is 6.60. The molecule has 5 heteroatoms. The third kappa shape index (κ3) is 9.58. The maximum Gasteiger partial charge on any atom is 0.253 e. The van der Waals surface area contributed by atoms with Crippen molar-refractivity contribution in [1.29, 1.82) is 0 Å². The minimum Gasteiger partial charge on any atom is -0.354 e. The van der Waals surface area contributed by atoms with E-state index in [9.17, 15) is 9.59 Å².